The van der Waals surface area contributed by atoms with Crippen LogP contribution in [0.5, 0.6) is 5.75 Å². The second-order valence-electron chi connectivity index (χ2n) is 7.23. The number of hydrogen-bond donors (Lipinski definition) is 1. The first-order chi connectivity index (χ1) is 15.0. The number of rotatable bonds is 6. The highest BCUT2D eigenvalue weighted by Gasteiger charge is 2.24. The Labute approximate surface area is 181 Å². The van der Waals surface area contributed by atoms with Gasteiger partial charge in [0, 0.05) is 19.6 Å². The number of benzene rings is 3. The molecule has 31 heavy (non-hydrogen) atoms. The van der Waals surface area contributed by atoms with Gasteiger partial charge in [-0.2, -0.15) is 0 Å². The maximum Gasteiger partial charge on any atom is 0.257 e. The van der Waals surface area contributed by atoms with Crippen LogP contribution in [-0.2, 0) is 21.3 Å². The molecule has 0 bridgehead atoms. The number of hydrogen-bond acceptors (Lipinski definition) is 5. The van der Waals surface area contributed by atoms with E-state index in [1.165, 1.54) is 25.3 Å². The molecule has 1 heterocycles. The second kappa shape index (κ2) is 9.05. The van der Waals surface area contributed by atoms with Gasteiger partial charge < -0.3 is 14.4 Å². The fourth-order valence-corrected chi connectivity index (χ4v) is 4.69. The molecule has 0 atom stereocenters. The predicted octanol–water partition coefficient (Wildman–Crippen LogP) is 2.80. The van der Waals surface area contributed by atoms with Gasteiger partial charge in [-0.05, 0) is 34.5 Å². The highest BCUT2D eigenvalue weighted by molar-refractivity contribution is 7.89. The van der Waals surface area contributed by atoms with E-state index in [1.54, 1.807) is 4.90 Å². The molecule has 1 N–H and O–H groups in total. The average Bonchev–Trinajstić information content (AvgIpc) is 2.82. The van der Waals surface area contributed by atoms with E-state index in [9.17, 15) is 13.2 Å². The molecular weight excluding hydrogens is 416 g/mol. The smallest absolute Gasteiger partial charge is 0.257 e. The summed E-state index contributed by atoms with van der Waals surface area (Å²) < 4.78 is 39.2. The highest BCUT2D eigenvalue weighted by Crippen LogP contribution is 2.25. The molecular formula is C23H24N2O5S. The van der Waals surface area contributed by atoms with Crippen LogP contribution in [0.25, 0.3) is 10.8 Å². The van der Waals surface area contributed by atoms with Crippen molar-refractivity contribution in [3.63, 3.8) is 0 Å². The number of methoxy groups -OCH3 is 1. The van der Waals surface area contributed by atoms with Gasteiger partial charge in [-0.25, -0.2) is 13.1 Å². The zero-order valence-corrected chi connectivity index (χ0v) is 18.0. The minimum Gasteiger partial charge on any atom is -0.496 e. The van der Waals surface area contributed by atoms with Crippen LogP contribution in [0, 0.1) is 0 Å². The van der Waals surface area contributed by atoms with E-state index >= 15 is 0 Å². The molecule has 1 fully saturated rings. The van der Waals surface area contributed by atoms with Crippen molar-refractivity contribution in [1.29, 1.82) is 0 Å². The molecule has 7 nitrogen and oxygen atoms in total. The third-order valence-corrected chi connectivity index (χ3v) is 6.74. The Morgan fingerprint density at radius 1 is 1.06 bits per heavy atom. The first-order valence-corrected chi connectivity index (χ1v) is 11.5. The van der Waals surface area contributed by atoms with E-state index in [0.29, 0.717) is 32.1 Å². The highest BCUT2D eigenvalue weighted by atomic mass is 32.2. The predicted molar refractivity (Wildman–Crippen MR) is 118 cm³/mol. The Bertz CT molecular complexity index is 1200. The first kappa shape index (κ1) is 21.3. The van der Waals surface area contributed by atoms with Crippen LogP contribution in [0.1, 0.15) is 15.9 Å². The molecule has 1 aliphatic heterocycles. The summed E-state index contributed by atoms with van der Waals surface area (Å²) in [6.45, 7) is 1.97. The number of carbonyl (C=O) groups is 1. The van der Waals surface area contributed by atoms with Crippen LogP contribution in [0.2, 0.25) is 0 Å². The van der Waals surface area contributed by atoms with Gasteiger partial charge in [0.05, 0.1) is 30.8 Å². The van der Waals surface area contributed by atoms with Crippen LogP contribution < -0.4 is 9.46 Å². The number of nitrogens with zero attached hydrogens (tertiary/aromatic N) is 1. The standard InChI is InChI=1S/C23H24N2O5S/c1-29-22-10-9-19(15-21(22)23(26)25-11-13-30-14-12-25)31(27,28)24-16-18-7-4-6-17-5-2-3-8-20(17)18/h2-10,15,24H,11-14,16H2,1H3. The Morgan fingerprint density at radius 3 is 2.58 bits per heavy atom. The Hall–Kier alpha value is -2.94. The van der Waals surface area contributed by atoms with Crippen molar-refractivity contribution in [2.24, 2.45) is 0 Å². The fraction of sp³-hybridized carbons (Fsp3) is 0.261. The third kappa shape index (κ3) is 4.56. The maximum absolute atomic E-state index is 13.0. The molecule has 3 aromatic carbocycles. The van der Waals surface area contributed by atoms with Crippen LogP contribution in [0.4, 0.5) is 0 Å². The molecule has 0 radical (unpaired) electrons. The quantitative estimate of drug-likeness (QED) is 0.637. The van der Waals surface area contributed by atoms with E-state index in [0.717, 1.165) is 16.3 Å². The average molecular weight is 441 g/mol. The van der Waals surface area contributed by atoms with Crippen molar-refractivity contribution in [2.75, 3.05) is 33.4 Å². The summed E-state index contributed by atoms with van der Waals surface area (Å²) in [7, 11) is -2.38. The minimum atomic E-state index is -3.84. The number of fused-ring (bicyclic) bond motifs is 1. The SMILES string of the molecule is COc1ccc(S(=O)(=O)NCc2cccc3ccccc23)cc1C(=O)N1CCOCC1. The molecule has 0 aromatic heterocycles. The lowest BCUT2D eigenvalue weighted by atomic mass is 10.1. The van der Waals surface area contributed by atoms with Crippen molar-refractivity contribution in [3.05, 3.63) is 71.8 Å². The van der Waals surface area contributed by atoms with E-state index in [2.05, 4.69) is 4.72 Å². The summed E-state index contributed by atoms with van der Waals surface area (Å²) in [5.41, 5.74) is 1.09. The zero-order chi connectivity index (χ0) is 21.8. The molecule has 8 heteroatoms. The van der Waals surface area contributed by atoms with E-state index in [1.807, 2.05) is 42.5 Å². The molecule has 0 saturated carbocycles. The first-order valence-electron chi connectivity index (χ1n) is 10.0. The Morgan fingerprint density at radius 2 is 1.81 bits per heavy atom. The zero-order valence-electron chi connectivity index (χ0n) is 17.2. The van der Waals surface area contributed by atoms with Gasteiger partial charge in [0.2, 0.25) is 10.0 Å². The number of nitrogens with one attached hydrogen (secondary N) is 1. The molecule has 1 amide bonds. The molecule has 1 saturated heterocycles. The van der Waals surface area contributed by atoms with Crippen molar-refractivity contribution in [1.82, 2.24) is 9.62 Å². The molecule has 162 valence electrons. The van der Waals surface area contributed by atoms with E-state index < -0.39 is 10.0 Å². The topological polar surface area (TPSA) is 84.9 Å². The van der Waals surface area contributed by atoms with E-state index in [-0.39, 0.29) is 22.9 Å². The minimum absolute atomic E-state index is 0.0187. The lowest BCUT2D eigenvalue weighted by Crippen LogP contribution is -2.40. The molecule has 0 aliphatic carbocycles. The second-order valence-corrected chi connectivity index (χ2v) is 9.00. The molecule has 4 rings (SSSR count). The number of morpholine rings is 1. The summed E-state index contributed by atoms with van der Waals surface area (Å²) >= 11 is 0. The van der Waals surface area contributed by atoms with Crippen LogP contribution in [-0.4, -0.2) is 52.6 Å². The summed E-state index contributed by atoms with van der Waals surface area (Å²) in [4.78, 5) is 14.6. The van der Waals surface area contributed by atoms with E-state index in [4.69, 9.17) is 9.47 Å². The Kier molecular flexibility index (Phi) is 6.22. The number of ether oxygens (including phenoxy) is 2. The largest absolute Gasteiger partial charge is 0.496 e. The molecule has 0 unspecified atom stereocenters. The van der Waals surface area contributed by atoms with Crippen molar-refractivity contribution in [3.8, 4) is 5.75 Å². The maximum atomic E-state index is 13.0. The van der Waals surface area contributed by atoms with Gasteiger partial charge in [0.15, 0.2) is 0 Å². The van der Waals surface area contributed by atoms with Gasteiger partial charge in [0.25, 0.3) is 5.91 Å². The molecule has 0 spiro atoms. The monoisotopic (exact) mass is 440 g/mol. The molecule has 3 aromatic rings. The van der Waals surface area contributed by atoms with Gasteiger partial charge in [0.1, 0.15) is 5.75 Å². The normalized spacial score (nSPS) is 14.5. The summed E-state index contributed by atoms with van der Waals surface area (Å²) in [6, 6.07) is 17.9. The summed E-state index contributed by atoms with van der Waals surface area (Å²) in [5, 5.41) is 2.03. The lowest BCUT2D eigenvalue weighted by Gasteiger charge is -2.27. The lowest BCUT2D eigenvalue weighted by molar-refractivity contribution is 0.0300. The summed E-state index contributed by atoms with van der Waals surface area (Å²) in [6.07, 6.45) is 0. The van der Waals surface area contributed by atoms with Gasteiger partial charge in [-0.15, -0.1) is 0 Å². The Balaban J connectivity index is 1.59. The van der Waals surface area contributed by atoms with Gasteiger partial charge in [-0.3, -0.25) is 4.79 Å². The van der Waals surface area contributed by atoms with Crippen LogP contribution >= 0.6 is 0 Å². The number of sulfonamides is 1. The van der Waals surface area contributed by atoms with Gasteiger partial charge >= 0.3 is 0 Å². The van der Waals surface area contributed by atoms with Gasteiger partial charge in [-0.1, -0.05) is 42.5 Å². The molecule has 1 aliphatic rings. The van der Waals surface area contributed by atoms with Crippen molar-refractivity contribution in [2.45, 2.75) is 11.4 Å². The van der Waals surface area contributed by atoms with Crippen LogP contribution in [0.3, 0.4) is 0 Å². The van der Waals surface area contributed by atoms with Crippen molar-refractivity contribution >= 4 is 26.7 Å². The number of amides is 1. The number of carbonyl (C=O) groups excluding carboxylic acids is 1. The van der Waals surface area contributed by atoms with Crippen molar-refractivity contribution < 1.29 is 22.7 Å². The third-order valence-electron chi connectivity index (χ3n) is 5.34. The van der Waals surface area contributed by atoms with Crippen LogP contribution in [0.15, 0.2) is 65.6 Å². The summed E-state index contributed by atoms with van der Waals surface area (Å²) in [5.74, 6) is 0.0655. The fourth-order valence-electron chi connectivity index (χ4n) is 3.66.